The number of pyridine rings is 1. The minimum absolute atomic E-state index is 0.476. The lowest BCUT2D eigenvalue weighted by molar-refractivity contribution is -0.117. The van der Waals surface area contributed by atoms with Gasteiger partial charge in [-0.05, 0) is 23.8 Å². The van der Waals surface area contributed by atoms with Crippen molar-refractivity contribution in [3.05, 3.63) is 78.5 Å². The number of halogens is 3. The number of carbonyl (C=O) groups excluding carboxylic acids is 2. The highest BCUT2D eigenvalue weighted by Crippen LogP contribution is 2.29. The first-order valence-corrected chi connectivity index (χ1v) is 9.98. The highest BCUT2D eigenvalue weighted by atomic mass is 35.6. The van der Waals surface area contributed by atoms with Crippen molar-refractivity contribution in [2.45, 2.75) is 9.96 Å². The van der Waals surface area contributed by atoms with Crippen LogP contribution in [0, 0.1) is 0 Å². The number of para-hydroxylation sites is 1. The van der Waals surface area contributed by atoms with Crippen LogP contribution >= 0.6 is 34.8 Å². The first-order chi connectivity index (χ1) is 14.3. The third-order valence-electron chi connectivity index (χ3n) is 4.00. The third kappa shape index (κ3) is 6.10. The zero-order valence-corrected chi connectivity index (χ0v) is 17.7. The molecule has 0 saturated heterocycles. The Kier molecular flexibility index (Phi) is 7.15. The Labute approximate surface area is 188 Å². The maximum atomic E-state index is 12.5. The molecule has 0 bridgehead atoms. The Balaban J connectivity index is 1.68. The molecule has 1 heterocycles. The van der Waals surface area contributed by atoms with E-state index in [0.29, 0.717) is 11.2 Å². The average Bonchev–Trinajstić information content (AvgIpc) is 2.72. The van der Waals surface area contributed by atoms with Gasteiger partial charge in [0.2, 0.25) is 9.70 Å². The topological polar surface area (TPSA) is 83.1 Å². The number of fused-ring (bicyclic) bond motifs is 1. The molecule has 1 atom stereocenters. The molecule has 0 aliphatic rings. The predicted molar refractivity (Wildman–Crippen MR) is 122 cm³/mol. The molecule has 0 aliphatic heterocycles. The van der Waals surface area contributed by atoms with E-state index in [1.54, 1.807) is 30.5 Å². The van der Waals surface area contributed by atoms with E-state index in [2.05, 4.69) is 20.9 Å². The molecular weight excluding hydrogens is 447 g/mol. The number of anilines is 1. The molecule has 0 spiro atoms. The number of rotatable bonds is 5. The lowest BCUT2D eigenvalue weighted by atomic mass is 10.2. The van der Waals surface area contributed by atoms with Gasteiger partial charge in [-0.15, -0.1) is 0 Å². The van der Waals surface area contributed by atoms with E-state index in [9.17, 15) is 9.59 Å². The van der Waals surface area contributed by atoms with E-state index in [0.717, 1.165) is 10.9 Å². The molecule has 154 valence electrons. The third-order valence-corrected chi connectivity index (χ3v) is 4.65. The number of amides is 3. The van der Waals surface area contributed by atoms with Crippen LogP contribution in [0.5, 0.6) is 0 Å². The molecule has 1 unspecified atom stereocenters. The number of hydrogen-bond donors (Lipinski definition) is 3. The fraction of sp³-hybridized carbons (Fsp3) is 0.0952. The van der Waals surface area contributed by atoms with Gasteiger partial charge in [-0.25, -0.2) is 4.79 Å². The lowest BCUT2D eigenvalue weighted by Crippen LogP contribution is -2.55. The molecule has 0 radical (unpaired) electrons. The molecule has 9 heteroatoms. The summed E-state index contributed by atoms with van der Waals surface area (Å²) in [6.07, 6.45) is 3.23. The molecular formula is C21H17Cl3N4O2. The van der Waals surface area contributed by atoms with E-state index >= 15 is 0 Å². The second-order valence-corrected chi connectivity index (χ2v) is 8.58. The minimum atomic E-state index is -1.98. The van der Waals surface area contributed by atoms with Crippen molar-refractivity contribution in [3.63, 3.8) is 0 Å². The van der Waals surface area contributed by atoms with Crippen LogP contribution < -0.4 is 16.0 Å². The number of nitrogens with one attached hydrogen (secondary N) is 3. The van der Waals surface area contributed by atoms with E-state index in [4.69, 9.17) is 34.8 Å². The highest BCUT2D eigenvalue weighted by Gasteiger charge is 2.35. The summed E-state index contributed by atoms with van der Waals surface area (Å²) in [6.45, 7) is 0. The number of carbonyl (C=O) groups is 2. The maximum absolute atomic E-state index is 12.5. The Hall–Kier alpha value is -2.80. The van der Waals surface area contributed by atoms with E-state index in [-0.39, 0.29) is 0 Å². The smallest absolute Gasteiger partial charge is 0.321 e. The molecule has 6 nitrogen and oxygen atoms in total. The summed E-state index contributed by atoms with van der Waals surface area (Å²) in [6, 6.07) is 17.6. The van der Waals surface area contributed by atoms with Gasteiger partial charge in [0.15, 0.2) is 6.17 Å². The zero-order chi connectivity index (χ0) is 21.6. The van der Waals surface area contributed by atoms with Gasteiger partial charge in [0.25, 0.3) is 0 Å². The van der Waals surface area contributed by atoms with Gasteiger partial charge in [-0.1, -0.05) is 83.3 Å². The monoisotopic (exact) mass is 462 g/mol. The summed E-state index contributed by atoms with van der Waals surface area (Å²) in [5.41, 5.74) is 1.91. The normalized spacial score (nSPS) is 12.5. The Morgan fingerprint density at radius 3 is 2.40 bits per heavy atom. The molecule has 2 aromatic carbocycles. The van der Waals surface area contributed by atoms with Crippen LogP contribution in [-0.4, -0.2) is 26.9 Å². The van der Waals surface area contributed by atoms with Crippen LogP contribution in [0.4, 0.5) is 10.5 Å². The quantitative estimate of drug-likeness (QED) is 0.286. The summed E-state index contributed by atoms with van der Waals surface area (Å²) in [4.78, 5) is 29.0. The van der Waals surface area contributed by atoms with Crippen LogP contribution in [0.15, 0.2) is 72.9 Å². The number of hydrogen-bond acceptors (Lipinski definition) is 3. The molecule has 3 aromatic rings. The molecule has 0 fully saturated rings. The van der Waals surface area contributed by atoms with Crippen LogP contribution in [0.1, 0.15) is 5.56 Å². The van der Waals surface area contributed by atoms with Crippen molar-refractivity contribution in [1.82, 2.24) is 15.6 Å². The second-order valence-electron chi connectivity index (χ2n) is 6.21. The summed E-state index contributed by atoms with van der Waals surface area (Å²) in [5.74, 6) is -0.540. The van der Waals surface area contributed by atoms with Gasteiger partial charge < -0.3 is 16.0 Å². The van der Waals surface area contributed by atoms with Gasteiger partial charge in [0.1, 0.15) is 0 Å². The van der Waals surface area contributed by atoms with Crippen LogP contribution in [0.2, 0.25) is 0 Å². The second kappa shape index (κ2) is 9.80. The molecule has 30 heavy (non-hydrogen) atoms. The largest absolute Gasteiger partial charge is 0.329 e. The summed E-state index contributed by atoms with van der Waals surface area (Å²) in [7, 11) is 0. The minimum Gasteiger partial charge on any atom is -0.329 e. The number of aromatic nitrogens is 1. The molecule has 1 aromatic heterocycles. The van der Waals surface area contributed by atoms with Crippen molar-refractivity contribution in [1.29, 1.82) is 0 Å². The van der Waals surface area contributed by atoms with Crippen LogP contribution in [0.3, 0.4) is 0 Å². The number of alkyl halides is 3. The lowest BCUT2D eigenvalue weighted by Gasteiger charge is -2.26. The SMILES string of the molecule is O=C(C=Cc1ccccc1)NC(NC(=O)Nc1cccc2cccnc12)C(Cl)(Cl)Cl. The van der Waals surface area contributed by atoms with E-state index in [1.165, 1.54) is 6.08 Å². The first-order valence-electron chi connectivity index (χ1n) is 8.84. The Bertz CT molecular complexity index is 1060. The van der Waals surface area contributed by atoms with Crippen molar-refractivity contribution in [3.8, 4) is 0 Å². The van der Waals surface area contributed by atoms with Gasteiger partial charge in [0.05, 0.1) is 11.2 Å². The van der Waals surface area contributed by atoms with Crippen LogP contribution in [0.25, 0.3) is 17.0 Å². The van der Waals surface area contributed by atoms with Crippen molar-refractivity contribution in [2.24, 2.45) is 0 Å². The maximum Gasteiger partial charge on any atom is 0.321 e. The van der Waals surface area contributed by atoms with Gasteiger partial charge in [-0.3, -0.25) is 9.78 Å². The Morgan fingerprint density at radius 1 is 0.933 bits per heavy atom. The molecule has 0 aliphatic carbocycles. The Morgan fingerprint density at radius 2 is 1.67 bits per heavy atom. The van der Waals surface area contributed by atoms with Gasteiger partial charge in [-0.2, -0.15) is 0 Å². The van der Waals surface area contributed by atoms with Crippen LogP contribution in [-0.2, 0) is 4.79 Å². The number of nitrogens with zero attached hydrogens (tertiary/aromatic N) is 1. The fourth-order valence-electron chi connectivity index (χ4n) is 2.62. The first kappa shape index (κ1) is 21.9. The van der Waals surface area contributed by atoms with E-state index < -0.39 is 21.9 Å². The standard InChI is InChI=1S/C21H17Cl3N4O2/c22-21(23,24)19(27-17(29)12-11-14-6-2-1-3-7-14)28-20(30)26-16-10-4-8-15-9-5-13-25-18(15)16/h1-13,19H,(H,27,29)(H2,26,28,30). The summed E-state index contributed by atoms with van der Waals surface area (Å²) >= 11 is 17.8. The highest BCUT2D eigenvalue weighted by molar-refractivity contribution is 6.68. The van der Waals surface area contributed by atoms with Crippen molar-refractivity contribution >= 4 is 69.4 Å². The van der Waals surface area contributed by atoms with Crippen molar-refractivity contribution < 1.29 is 9.59 Å². The van der Waals surface area contributed by atoms with Gasteiger partial charge >= 0.3 is 6.03 Å². The van der Waals surface area contributed by atoms with Crippen molar-refractivity contribution in [2.75, 3.05) is 5.32 Å². The summed E-state index contributed by atoms with van der Waals surface area (Å²) < 4.78 is -1.98. The molecule has 3 amide bonds. The molecule has 3 N–H and O–H groups in total. The number of urea groups is 1. The molecule has 3 rings (SSSR count). The zero-order valence-electron chi connectivity index (χ0n) is 15.5. The predicted octanol–water partition coefficient (Wildman–Crippen LogP) is 4.88. The molecule has 0 saturated carbocycles. The fourth-order valence-corrected chi connectivity index (χ4v) is 2.95. The summed E-state index contributed by atoms with van der Waals surface area (Å²) in [5, 5.41) is 8.45. The number of benzene rings is 2. The average molecular weight is 464 g/mol. The van der Waals surface area contributed by atoms with E-state index in [1.807, 2.05) is 42.5 Å². The van der Waals surface area contributed by atoms with Gasteiger partial charge in [0, 0.05) is 17.7 Å².